The van der Waals surface area contributed by atoms with Gasteiger partial charge in [-0.3, -0.25) is 0 Å². The molecule has 4 unspecified atom stereocenters. The lowest BCUT2D eigenvalue weighted by molar-refractivity contribution is 0.380. The van der Waals surface area contributed by atoms with E-state index in [-0.39, 0.29) is 0 Å². The highest BCUT2D eigenvalue weighted by molar-refractivity contribution is 5.29. The average molecular weight is 271 g/mol. The van der Waals surface area contributed by atoms with Gasteiger partial charge in [-0.25, -0.2) is 0 Å². The molecule has 3 rings (SSSR count). The topological polar surface area (TPSA) is 21.3 Å². The van der Waals surface area contributed by atoms with Gasteiger partial charge in [0.05, 0.1) is 7.11 Å². The number of fused-ring (bicyclic) bond motifs is 2. The minimum Gasteiger partial charge on any atom is -0.497 e. The van der Waals surface area contributed by atoms with Crippen molar-refractivity contribution in [3.05, 3.63) is 42.0 Å². The van der Waals surface area contributed by atoms with E-state index in [2.05, 4.69) is 48.7 Å². The normalized spacial score (nSPS) is 28.8. The molecule has 4 atom stereocenters. The molecule has 0 amide bonds. The second-order valence-corrected chi connectivity index (χ2v) is 6.18. The molecule has 0 heterocycles. The highest BCUT2D eigenvalue weighted by Crippen LogP contribution is 2.43. The fourth-order valence-corrected chi connectivity index (χ4v) is 3.76. The molecule has 2 bridgehead atoms. The van der Waals surface area contributed by atoms with Crippen molar-refractivity contribution in [1.29, 1.82) is 0 Å². The molecule has 0 saturated heterocycles. The number of allylic oxidation sites excluding steroid dienone is 2. The van der Waals surface area contributed by atoms with Crippen LogP contribution < -0.4 is 10.1 Å². The van der Waals surface area contributed by atoms with Crippen LogP contribution in [-0.4, -0.2) is 13.7 Å². The molecule has 2 aliphatic rings. The molecule has 108 valence electrons. The van der Waals surface area contributed by atoms with Crippen LogP contribution in [0.5, 0.6) is 5.75 Å². The van der Waals surface area contributed by atoms with E-state index in [0.29, 0.717) is 6.04 Å². The quantitative estimate of drug-likeness (QED) is 0.791. The summed E-state index contributed by atoms with van der Waals surface area (Å²) in [6, 6.07) is 8.94. The van der Waals surface area contributed by atoms with Crippen molar-refractivity contribution in [2.75, 3.05) is 13.7 Å². The molecule has 1 N–H and O–H groups in total. The maximum atomic E-state index is 5.23. The number of benzene rings is 1. The monoisotopic (exact) mass is 271 g/mol. The van der Waals surface area contributed by atoms with Gasteiger partial charge >= 0.3 is 0 Å². The smallest absolute Gasteiger partial charge is 0.118 e. The third kappa shape index (κ3) is 2.76. The number of rotatable bonds is 6. The van der Waals surface area contributed by atoms with Crippen LogP contribution in [0.4, 0.5) is 0 Å². The van der Waals surface area contributed by atoms with Crippen molar-refractivity contribution in [3.8, 4) is 5.75 Å². The van der Waals surface area contributed by atoms with Crippen molar-refractivity contribution in [1.82, 2.24) is 5.32 Å². The summed E-state index contributed by atoms with van der Waals surface area (Å²) in [6.07, 6.45) is 8.76. The first-order valence-electron chi connectivity index (χ1n) is 7.85. The highest BCUT2D eigenvalue weighted by atomic mass is 16.5. The third-order valence-corrected chi connectivity index (χ3v) is 4.97. The molecule has 2 aliphatic carbocycles. The van der Waals surface area contributed by atoms with Gasteiger partial charge in [0.2, 0.25) is 0 Å². The molecule has 1 fully saturated rings. The lowest BCUT2D eigenvalue weighted by Crippen LogP contribution is -2.29. The Hall–Kier alpha value is -1.28. The van der Waals surface area contributed by atoms with Crippen molar-refractivity contribution in [3.63, 3.8) is 0 Å². The summed E-state index contributed by atoms with van der Waals surface area (Å²) in [6.45, 7) is 3.40. The van der Waals surface area contributed by atoms with Crippen LogP contribution in [0.25, 0.3) is 0 Å². The van der Waals surface area contributed by atoms with E-state index in [9.17, 15) is 0 Å². The molecule has 20 heavy (non-hydrogen) atoms. The molecule has 1 saturated carbocycles. The summed E-state index contributed by atoms with van der Waals surface area (Å²) in [4.78, 5) is 0. The molecule has 0 spiro atoms. The van der Waals surface area contributed by atoms with Crippen LogP contribution in [0.1, 0.15) is 37.8 Å². The van der Waals surface area contributed by atoms with E-state index in [1.807, 2.05) is 0 Å². The van der Waals surface area contributed by atoms with E-state index >= 15 is 0 Å². The largest absolute Gasteiger partial charge is 0.497 e. The predicted molar refractivity (Wildman–Crippen MR) is 82.9 cm³/mol. The summed E-state index contributed by atoms with van der Waals surface area (Å²) < 4.78 is 5.23. The van der Waals surface area contributed by atoms with Gasteiger partial charge in [-0.1, -0.05) is 31.2 Å². The second-order valence-electron chi connectivity index (χ2n) is 6.18. The molecule has 1 aromatic carbocycles. The Morgan fingerprint density at radius 2 is 2.00 bits per heavy atom. The Labute approximate surface area is 122 Å². The Kier molecular flexibility index (Phi) is 4.11. The lowest BCUT2D eigenvalue weighted by atomic mass is 9.93. The summed E-state index contributed by atoms with van der Waals surface area (Å²) in [5.41, 5.74) is 1.37. The van der Waals surface area contributed by atoms with Crippen LogP contribution in [0.3, 0.4) is 0 Å². The summed E-state index contributed by atoms with van der Waals surface area (Å²) in [7, 11) is 1.72. The van der Waals surface area contributed by atoms with E-state index in [4.69, 9.17) is 4.74 Å². The third-order valence-electron chi connectivity index (χ3n) is 4.97. The summed E-state index contributed by atoms with van der Waals surface area (Å²) >= 11 is 0. The number of hydrogen-bond acceptors (Lipinski definition) is 2. The molecule has 0 radical (unpaired) electrons. The van der Waals surface area contributed by atoms with Gasteiger partial charge in [-0.05, 0) is 61.3 Å². The van der Waals surface area contributed by atoms with Crippen LogP contribution in [0.15, 0.2) is 36.4 Å². The first kappa shape index (κ1) is 13.7. The van der Waals surface area contributed by atoms with Crippen LogP contribution >= 0.6 is 0 Å². The molecule has 0 aliphatic heterocycles. The Morgan fingerprint density at radius 3 is 2.55 bits per heavy atom. The zero-order valence-electron chi connectivity index (χ0n) is 12.5. The maximum Gasteiger partial charge on any atom is 0.118 e. The number of nitrogens with one attached hydrogen (secondary N) is 1. The average Bonchev–Trinajstić information content (AvgIpc) is 3.11. The fourth-order valence-electron chi connectivity index (χ4n) is 3.76. The Balaban J connectivity index is 1.57. The molecule has 2 nitrogen and oxygen atoms in total. The molecule has 0 aromatic heterocycles. The Morgan fingerprint density at radius 1 is 1.20 bits per heavy atom. The standard InChI is InChI=1S/C18H25NO/c1-3-18(14-6-8-17(20-2)9-7-14)19-12-16-11-13-4-5-15(16)10-13/h4-9,13,15-16,18-19H,3,10-12H2,1-2H3. The fraction of sp³-hybridized carbons (Fsp3) is 0.556. The molecular weight excluding hydrogens is 246 g/mol. The van der Waals surface area contributed by atoms with Crippen molar-refractivity contribution in [2.24, 2.45) is 17.8 Å². The first-order valence-corrected chi connectivity index (χ1v) is 7.85. The lowest BCUT2D eigenvalue weighted by Gasteiger charge is -2.23. The second kappa shape index (κ2) is 6.01. The van der Waals surface area contributed by atoms with Gasteiger partial charge in [0.1, 0.15) is 5.75 Å². The van der Waals surface area contributed by atoms with Crippen LogP contribution in [-0.2, 0) is 0 Å². The summed E-state index contributed by atoms with van der Waals surface area (Å²) in [5.74, 6) is 3.48. The number of ether oxygens (including phenoxy) is 1. The molecular formula is C18H25NO. The Bertz CT molecular complexity index is 465. The van der Waals surface area contributed by atoms with Gasteiger partial charge in [-0.15, -0.1) is 0 Å². The SMILES string of the molecule is CCC(NCC1CC2C=CC1C2)c1ccc(OC)cc1. The van der Waals surface area contributed by atoms with Gasteiger partial charge in [0.25, 0.3) is 0 Å². The molecule has 2 heteroatoms. The van der Waals surface area contributed by atoms with Gasteiger partial charge < -0.3 is 10.1 Å². The maximum absolute atomic E-state index is 5.23. The van der Waals surface area contributed by atoms with Crippen LogP contribution in [0.2, 0.25) is 0 Å². The molecule has 1 aromatic rings. The van der Waals surface area contributed by atoms with Crippen LogP contribution in [0, 0.1) is 17.8 Å². The summed E-state index contributed by atoms with van der Waals surface area (Å²) in [5, 5.41) is 3.78. The van der Waals surface area contributed by atoms with Crippen molar-refractivity contribution in [2.45, 2.75) is 32.2 Å². The minimum atomic E-state index is 0.462. The van der Waals surface area contributed by atoms with Crippen molar-refractivity contribution < 1.29 is 4.74 Å². The number of methoxy groups -OCH3 is 1. The van der Waals surface area contributed by atoms with Gasteiger partial charge in [0, 0.05) is 6.04 Å². The highest BCUT2D eigenvalue weighted by Gasteiger charge is 2.35. The van der Waals surface area contributed by atoms with E-state index < -0.39 is 0 Å². The van der Waals surface area contributed by atoms with E-state index in [1.54, 1.807) is 7.11 Å². The zero-order chi connectivity index (χ0) is 13.9. The first-order chi connectivity index (χ1) is 9.80. The number of hydrogen-bond donors (Lipinski definition) is 1. The predicted octanol–water partition coefficient (Wildman–Crippen LogP) is 3.95. The van der Waals surface area contributed by atoms with E-state index in [0.717, 1.165) is 36.5 Å². The van der Waals surface area contributed by atoms with Crippen molar-refractivity contribution >= 4 is 0 Å². The van der Waals surface area contributed by atoms with Gasteiger partial charge in [0.15, 0.2) is 0 Å². The zero-order valence-corrected chi connectivity index (χ0v) is 12.5. The van der Waals surface area contributed by atoms with E-state index in [1.165, 1.54) is 18.4 Å². The minimum absolute atomic E-state index is 0.462. The van der Waals surface area contributed by atoms with Gasteiger partial charge in [-0.2, -0.15) is 0 Å².